The molecule has 1 aliphatic heterocycles. The van der Waals surface area contributed by atoms with Crippen LogP contribution in [0.25, 0.3) is 0 Å². The molecule has 1 saturated heterocycles. The van der Waals surface area contributed by atoms with Crippen molar-refractivity contribution in [2.45, 2.75) is 25.8 Å². The molecule has 0 saturated carbocycles. The Morgan fingerprint density at radius 2 is 2.04 bits per heavy atom. The predicted molar refractivity (Wildman–Crippen MR) is 92.6 cm³/mol. The summed E-state index contributed by atoms with van der Waals surface area (Å²) >= 11 is 0. The first-order chi connectivity index (χ1) is 11.2. The van der Waals surface area contributed by atoms with Crippen molar-refractivity contribution in [3.05, 3.63) is 59.8 Å². The molecule has 1 fully saturated rings. The van der Waals surface area contributed by atoms with Crippen molar-refractivity contribution in [2.75, 3.05) is 25.0 Å². The summed E-state index contributed by atoms with van der Waals surface area (Å²) in [5.74, 6) is 1.09. The van der Waals surface area contributed by atoms with Crippen LogP contribution in [0.15, 0.2) is 48.7 Å². The second-order valence-electron chi connectivity index (χ2n) is 5.95. The summed E-state index contributed by atoms with van der Waals surface area (Å²) in [5, 5.41) is 0. The van der Waals surface area contributed by atoms with Crippen molar-refractivity contribution in [3.63, 3.8) is 0 Å². The third-order valence-corrected chi connectivity index (χ3v) is 4.55. The maximum atomic E-state index is 12.9. The molecule has 1 aliphatic rings. The Labute approximate surface area is 137 Å². The molecule has 0 aliphatic carbocycles. The molecule has 4 heteroatoms. The molecule has 2 aromatic rings. The zero-order valence-electron chi connectivity index (χ0n) is 13.8. The molecule has 120 valence electrons. The van der Waals surface area contributed by atoms with Gasteiger partial charge in [0.2, 0.25) is 0 Å². The highest BCUT2D eigenvalue weighted by Gasteiger charge is 2.32. The fourth-order valence-electron chi connectivity index (χ4n) is 3.22. The van der Waals surface area contributed by atoms with Crippen molar-refractivity contribution in [3.8, 4) is 0 Å². The zero-order chi connectivity index (χ0) is 16.2. The van der Waals surface area contributed by atoms with Gasteiger partial charge in [0.15, 0.2) is 0 Å². The van der Waals surface area contributed by atoms with Crippen LogP contribution < -0.4 is 4.90 Å². The highest BCUT2D eigenvalue weighted by atomic mass is 16.2. The van der Waals surface area contributed by atoms with Gasteiger partial charge >= 0.3 is 0 Å². The van der Waals surface area contributed by atoms with Crippen LogP contribution in [0.2, 0.25) is 0 Å². The highest BCUT2D eigenvalue weighted by molar-refractivity contribution is 5.94. The van der Waals surface area contributed by atoms with Gasteiger partial charge in [-0.15, -0.1) is 0 Å². The average molecular weight is 309 g/mol. The second kappa shape index (κ2) is 6.82. The lowest BCUT2D eigenvalue weighted by molar-refractivity contribution is 0.0736. The number of rotatable bonds is 4. The number of carbonyl (C=O) groups is 1. The van der Waals surface area contributed by atoms with Gasteiger partial charge in [-0.05, 0) is 38.0 Å². The van der Waals surface area contributed by atoms with Gasteiger partial charge in [0.1, 0.15) is 5.82 Å². The molecule has 3 rings (SSSR count). The second-order valence-corrected chi connectivity index (χ2v) is 5.95. The summed E-state index contributed by atoms with van der Waals surface area (Å²) in [7, 11) is 2.05. The number of aromatic nitrogens is 1. The summed E-state index contributed by atoms with van der Waals surface area (Å²) in [5.41, 5.74) is 1.91. The molecule has 23 heavy (non-hydrogen) atoms. The lowest BCUT2D eigenvalue weighted by Crippen LogP contribution is -2.32. The summed E-state index contributed by atoms with van der Waals surface area (Å²) < 4.78 is 0. The molecule has 0 unspecified atom stereocenters. The predicted octanol–water partition coefficient (Wildman–Crippen LogP) is 3.52. The number of likely N-dealkylation sites (tertiary alicyclic amines) is 1. The van der Waals surface area contributed by atoms with Gasteiger partial charge in [-0.2, -0.15) is 0 Å². The standard InChI is InChI=1S/C19H23N3O/c1-3-21(2)18-16(11-7-13-20-18)17-12-8-14-22(17)19(23)15-9-5-4-6-10-15/h4-7,9-11,13,17H,3,8,12,14H2,1-2H3/t17-/m0/s1. The molecule has 2 heterocycles. The van der Waals surface area contributed by atoms with Crippen molar-refractivity contribution in [2.24, 2.45) is 0 Å². The van der Waals surface area contributed by atoms with Crippen LogP contribution in [0, 0.1) is 0 Å². The van der Waals surface area contributed by atoms with Crippen molar-refractivity contribution in [1.29, 1.82) is 0 Å². The van der Waals surface area contributed by atoms with Gasteiger partial charge in [-0.1, -0.05) is 24.3 Å². The highest BCUT2D eigenvalue weighted by Crippen LogP contribution is 2.36. The van der Waals surface area contributed by atoms with Crippen molar-refractivity contribution >= 4 is 11.7 Å². The number of anilines is 1. The number of carbonyl (C=O) groups excluding carboxylic acids is 1. The molecular weight excluding hydrogens is 286 g/mol. The van der Waals surface area contributed by atoms with E-state index >= 15 is 0 Å². The molecule has 0 N–H and O–H groups in total. The molecule has 1 aromatic carbocycles. The van der Waals surface area contributed by atoms with E-state index in [2.05, 4.69) is 22.9 Å². The Morgan fingerprint density at radius 1 is 1.26 bits per heavy atom. The van der Waals surface area contributed by atoms with E-state index in [0.717, 1.165) is 42.9 Å². The molecule has 0 radical (unpaired) electrons. The fourth-order valence-corrected chi connectivity index (χ4v) is 3.22. The van der Waals surface area contributed by atoms with Gasteiger partial charge in [0.25, 0.3) is 5.91 Å². The Kier molecular flexibility index (Phi) is 4.60. The number of pyridine rings is 1. The minimum absolute atomic E-state index is 0.111. The number of nitrogens with zero attached hydrogens (tertiary/aromatic N) is 3. The van der Waals surface area contributed by atoms with Crippen LogP contribution in [0.1, 0.15) is 41.7 Å². The lowest BCUT2D eigenvalue weighted by atomic mass is 10.0. The van der Waals surface area contributed by atoms with E-state index in [0.29, 0.717) is 0 Å². The summed E-state index contributed by atoms with van der Waals surface area (Å²) in [4.78, 5) is 21.6. The minimum Gasteiger partial charge on any atom is -0.360 e. The van der Waals surface area contributed by atoms with E-state index in [1.807, 2.05) is 54.5 Å². The number of hydrogen-bond donors (Lipinski definition) is 0. The molecule has 4 nitrogen and oxygen atoms in total. The SMILES string of the molecule is CCN(C)c1ncccc1[C@@H]1CCCN1C(=O)c1ccccc1. The van der Waals surface area contributed by atoms with Gasteiger partial charge in [-0.25, -0.2) is 4.98 Å². The maximum Gasteiger partial charge on any atom is 0.254 e. The topological polar surface area (TPSA) is 36.4 Å². The molecule has 1 aromatic heterocycles. The largest absolute Gasteiger partial charge is 0.360 e. The third kappa shape index (κ3) is 3.07. The van der Waals surface area contributed by atoms with E-state index in [9.17, 15) is 4.79 Å². The maximum absolute atomic E-state index is 12.9. The first-order valence-electron chi connectivity index (χ1n) is 8.24. The lowest BCUT2D eigenvalue weighted by Gasteiger charge is -2.28. The van der Waals surface area contributed by atoms with Crippen LogP contribution in [-0.2, 0) is 0 Å². The van der Waals surface area contributed by atoms with E-state index in [1.165, 1.54) is 0 Å². The quantitative estimate of drug-likeness (QED) is 0.867. The summed E-state index contributed by atoms with van der Waals surface area (Å²) in [6, 6.07) is 13.7. The molecular formula is C19H23N3O. The van der Waals surface area contributed by atoms with Gasteiger partial charge in [-0.3, -0.25) is 4.79 Å². The van der Waals surface area contributed by atoms with Crippen LogP contribution in [0.4, 0.5) is 5.82 Å². The number of amides is 1. The monoisotopic (exact) mass is 309 g/mol. The molecule has 1 atom stereocenters. The first-order valence-corrected chi connectivity index (χ1v) is 8.24. The Hall–Kier alpha value is -2.36. The van der Waals surface area contributed by atoms with Crippen LogP contribution in [-0.4, -0.2) is 35.9 Å². The molecule has 0 bridgehead atoms. The van der Waals surface area contributed by atoms with Crippen molar-refractivity contribution < 1.29 is 4.79 Å². The Morgan fingerprint density at radius 3 is 2.78 bits per heavy atom. The summed E-state index contributed by atoms with van der Waals surface area (Å²) in [6.45, 7) is 3.81. The molecule has 1 amide bonds. The summed E-state index contributed by atoms with van der Waals surface area (Å²) in [6.07, 6.45) is 3.85. The first kappa shape index (κ1) is 15.5. The normalized spacial score (nSPS) is 17.3. The van der Waals surface area contributed by atoms with Gasteiger partial charge in [0.05, 0.1) is 6.04 Å². The van der Waals surface area contributed by atoms with Crippen molar-refractivity contribution in [1.82, 2.24) is 9.88 Å². The molecule has 0 spiro atoms. The van der Waals surface area contributed by atoms with Crippen LogP contribution in [0.5, 0.6) is 0 Å². The smallest absolute Gasteiger partial charge is 0.254 e. The van der Waals surface area contributed by atoms with Crippen LogP contribution in [0.3, 0.4) is 0 Å². The zero-order valence-corrected chi connectivity index (χ0v) is 13.8. The fraction of sp³-hybridized carbons (Fsp3) is 0.368. The van der Waals surface area contributed by atoms with Gasteiger partial charge in [0, 0.05) is 37.5 Å². The van der Waals surface area contributed by atoms with E-state index in [-0.39, 0.29) is 11.9 Å². The Bertz CT molecular complexity index is 671. The third-order valence-electron chi connectivity index (χ3n) is 4.55. The number of benzene rings is 1. The van der Waals surface area contributed by atoms with E-state index in [4.69, 9.17) is 0 Å². The van der Waals surface area contributed by atoms with E-state index < -0.39 is 0 Å². The van der Waals surface area contributed by atoms with Crippen LogP contribution >= 0.6 is 0 Å². The minimum atomic E-state index is 0.111. The Balaban J connectivity index is 1.92. The van der Waals surface area contributed by atoms with Gasteiger partial charge < -0.3 is 9.80 Å². The van der Waals surface area contributed by atoms with E-state index in [1.54, 1.807) is 0 Å². The average Bonchev–Trinajstić information content (AvgIpc) is 3.10. The number of hydrogen-bond acceptors (Lipinski definition) is 3.